The van der Waals surface area contributed by atoms with E-state index in [-0.39, 0.29) is 5.91 Å². The number of rotatable bonds is 8. The van der Waals surface area contributed by atoms with E-state index in [1.807, 2.05) is 6.07 Å². The van der Waals surface area contributed by atoms with E-state index in [9.17, 15) is 4.79 Å². The van der Waals surface area contributed by atoms with Crippen LogP contribution in [0, 0.1) is 0 Å². The summed E-state index contributed by atoms with van der Waals surface area (Å²) < 4.78 is 10.5. The van der Waals surface area contributed by atoms with Crippen LogP contribution in [0.1, 0.15) is 18.9 Å². The Kier molecular flexibility index (Phi) is 7.36. The van der Waals surface area contributed by atoms with Gasteiger partial charge in [-0.25, -0.2) is 0 Å². The maximum absolute atomic E-state index is 11.8. The number of carbonyl (C=O) groups excluding carboxylic acids is 1. The van der Waals surface area contributed by atoms with E-state index < -0.39 is 6.10 Å². The lowest BCUT2D eigenvalue weighted by Crippen LogP contribution is -2.37. The molecule has 0 spiro atoms. The number of nitrogens with two attached hydrogens (primary N) is 1. The molecule has 5 nitrogen and oxygen atoms in total. The maximum atomic E-state index is 11.8. The summed E-state index contributed by atoms with van der Waals surface area (Å²) >= 11 is 6.07. The molecular formula is C14H21ClN2O3. The Labute approximate surface area is 124 Å². The summed E-state index contributed by atoms with van der Waals surface area (Å²) in [6.45, 7) is 3.26. The monoisotopic (exact) mass is 300 g/mol. The van der Waals surface area contributed by atoms with Crippen molar-refractivity contribution < 1.29 is 14.3 Å². The number of hydrogen-bond acceptors (Lipinski definition) is 4. The van der Waals surface area contributed by atoms with Gasteiger partial charge in [-0.15, -0.1) is 0 Å². The summed E-state index contributed by atoms with van der Waals surface area (Å²) in [5.74, 6) is 0.295. The minimum atomic E-state index is -0.612. The predicted molar refractivity (Wildman–Crippen MR) is 78.9 cm³/mol. The number of amides is 1. The molecule has 1 rings (SSSR count). The fourth-order valence-corrected chi connectivity index (χ4v) is 1.83. The van der Waals surface area contributed by atoms with Crippen LogP contribution in [-0.4, -0.2) is 32.3 Å². The number of hydrogen-bond donors (Lipinski definition) is 2. The van der Waals surface area contributed by atoms with E-state index in [2.05, 4.69) is 5.32 Å². The van der Waals surface area contributed by atoms with Crippen molar-refractivity contribution in [3.05, 3.63) is 28.8 Å². The van der Waals surface area contributed by atoms with Crippen molar-refractivity contribution >= 4 is 17.5 Å². The van der Waals surface area contributed by atoms with Gasteiger partial charge < -0.3 is 20.5 Å². The molecule has 1 aromatic carbocycles. The van der Waals surface area contributed by atoms with Crippen LogP contribution < -0.4 is 15.8 Å². The van der Waals surface area contributed by atoms with Crippen LogP contribution >= 0.6 is 11.6 Å². The second-order valence-corrected chi connectivity index (χ2v) is 4.77. The Hall–Kier alpha value is -1.30. The van der Waals surface area contributed by atoms with Crippen molar-refractivity contribution in [3.8, 4) is 5.75 Å². The highest BCUT2D eigenvalue weighted by molar-refractivity contribution is 6.32. The molecule has 0 heterocycles. The van der Waals surface area contributed by atoms with Gasteiger partial charge in [0.05, 0.1) is 5.02 Å². The van der Waals surface area contributed by atoms with Crippen LogP contribution in [0.3, 0.4) is 0 Å². The zero-order chi connectivity index (χ0) is 15.0. The number of halogens is 1. The van der Waals surface area contributed by atoms with Gasteiger partial charge in [0.1, 0.15) is 5.75 Å². The summed E-state index contributed by atoms with van der Waals surface area (Å²) in [4.78, 5) is 11.8. The van der Waals surface area contributed by atoms with Gasteiger partial charge in [-0.1, -0.05) is 17.7 Å². The molecule has 1 unspecified atom stereocenters. The van der Waals surface area contributed by atoms with Gasteiger partial charge in [-0.3, -0.25) is 4.79 Å². The Morgan fingerprint density at radius 2 is 2.25 bits per heavy atom. The first kappa shape index (κ1) is 16.8. The van der Waals surface area contributed by atoms with E-state index in [1.54, 1.807) is 26.2 Å². The van der Waals surface area contributed by atoms with Crippen molar-refractivity contribution in [3.63, 3.8) is 0 Å². The van der Waals surface area contributed by atoms with Crippen LogP contribution in [-0.2, 0) is 16.1 Å². The standard InChI is InChI=1S/C14H21ClN2O3/c1-10(14(18)17-6-3-7-19-2)20-13-5-4-11(9-16)8-12(13)15/h4-5,8,10H,3,6-7,9,16H2,1-2H3,(H,17,18). The lowest BCUT2D eigenvalue weighted by atomic mass is 10.2. The Morgan fingerprint density at radius 3 is 2.85 bits per heavy atom. The van der Waals surface area contributed by atoms with Gasteiger partial charge in [0.15, 0.2) is 6.10 Å². The highest BCUT2D eigenvalue weighted by Crippen LogP contribution is 2.26. The third kappa shape index (κ3) is 5.36. The SMILES string of the molecule is COCCCNC(=O)C(C)Oc1ccc(CN)cc1Cl. The van der Waals surface area contributed by atoms with Crippen LogP contribution in [0.5, 0.6) is 5.75 Å². The second kappa shape index (κ2) is 8.79. The average Bonchev–Trinajstić information content (AvgIpc) is 2.45. The zero-order valence-corrected chi connectivity index (χ0v) is 12.6. The van der Waals surface area contributed by atoms with E-state index in [0.29, 0.717) is 30.5 Å². The van der Waals surface area contributed by atoms with Crippen LogP contribution in [0.25, 0.3) is 0 Å². The third-order valence-electron chi connectivity index (χ3n) is 2.73. The van der Waals surface area contributed by atoms with Gasteiger partial charge in [0.2, 0.25) is 0 Å². The molecule has 0 fully saturated rings. The van der Waals surface area contributed by atoms with Gasteiger partial charge in [-0.05, 0) is 31.0 Å². The van der Waals surface area contributed by atoms with Crippen LogP contribution in [0.2, 0.25) is 5.02 Å². The summed E-state index contributed by atoms with van der Waals surface area (Å²) in [6.07, 6.45) is 0.153. The minimum absolute atomic E-state index is 0.180. The molecule has 0 saturated carbocycles. The van der Waals surface area contributed by atoms with Gasteiger partial charge in [-0.2, -0.15) is 0 Å². The van der Waals surface area contributed by atoms with E-state index >= 15 is 0 Å². The van der Waals surface area contributed by atoms with E-state index in [4.69, 9.17) is 26.8 Å². The molecular weight excluding hydrogens is 280 g/mol. The van der Waals surface area contributed by atoms with Gasteiger partial charge in [0.25, 0.3) is 5.91 Å². The van der Waals surface area contributed by atoms with E-state index in [0.717, 1.165) is 12.0 Å². The van der Waals surface area contributed by atoms with Crippen molar-refractivity contribution in [1.29, 1.82) is 0 Å². The van der Waals surface area contributed by atoms with Gasteiger partial charge in [0, 0.05) is 26.8 Å². The largest absolute Gasteiger partial charge is 0.479 e. The fourth-order valence-electron chi connectivity index (χ4n) is 1.58. The Balaban J connectivity index is 2.48. The van der Waals surface area contributed by atoms with E-state index in [1.165, 1.54) is 0 Å². The molecule has 20 heavy (non-hydrogen) atoms. The molecule has 112 valence electrons. The highest BCUT2D eigenvalue weighted by Gasteiger charge is 2.15. The summed E-state index contributed by atoms with van der Waals surface area (Å²) in [5, 5.41) is 3.22. The summed E-state index contributed by atoms with van der Waals surface area (Å²) in [5.41, 5.74) is 6.44. The predicted octanol–water partition coefficient (Wildman–Crippen LogP) is 1.72. The first-order chi connectivity index (χ1) is 9.58. The number of ether oxygens (including phenoxy) is 2. The quantitative estimate of drug-likeness (QED) is 0.717. The zero-order valence-electron chi connectivity index (χ0n) is 11.8. The fraction of sp³-hybridized carbons (Fsp3) is 0.500. The molecule has 1 amide bonds. The number of nitrogens with one attached hydrogen (secondary N) is 1. The molecule has 0 aliphatic carbocycles. The number of carbonyl (C=O) groups is 1. The summed E-state index contributed by atoms with van der Waals surface area (Å²) in [6, 6.07) is 5.28. The molecule has 0 aromatic heterocycles. The lowest BCUT2D eigenvalue weighted by molar-refractivity contribution is -0.127. The number of benzene rings is 1. The van der Waals surface area contributed by atoms with Crippen molar-refractivity contribution in [1.82, 2.24) is 5.32 Å². The Bertz CT molecular complexity index is 440. The molecule has 0 aliphatic heterocycles. The molecule has 1 aromatic rings. The van der Waals surface area contributed by atoms with Crippen LogP contribution in [0.15, 0.2) is 18.2 Å². The minimum Gasteiger partial charge on any atom is -0.479 e. The maximum Gasteiger partial charge on any atom is 0.260 e. The van der Waals surface area contributed by atoms with Crippen LogP contribution in [0.4, 0.5) is 0 Å². The second-order valence-electron chi connectivity index (χ2n) is 4.37. The molecule has 0 aliphatic rings. The smallest absolute Gasteiger partial charge is 0.260 e. The van der Waals surface area contributed by atoms with Gasteiger partial charge >= 0.3 is 0 Å². The molecule has 1 atom stereocenters. The Morgan fingerprint density at radius 1 is 1.50 bits per heavy atom. The topological polar surface area (TPSA) is 73.6 Å². The lowest BCUT2D eigenvalue weighted by Gasteiger charge is -2.16. The third-order valence-corrected chi connectivity index (χ3v) is 3.02. The molecule has 0 bridgehead atoms. The normalized spacial score (nSPS) is 12.0. The van der Waals surface area contributed by atoms with Crippen molar-refractivity contribution in [2.75, 3.05) is 20.3 Å². The average molecular weight is 301 g/mol. The molecule has 0 radical (unpaired) electrons. The highest BCUT2D eigenvalue weighted by atomic mass is 35.5. The molecule has 3 N–H and O–H groups in total. The van der Waals surface area contributed by atoms with Crippen molar-refractivity contribution in [2.45, 2.75) is 26.0 Å². The first-order valence-corrected chi connectivity index (χ1v) is 6.88. The number of methoxy groups -OCH3 is 1. The molecule has 6 heteroatoms. The molecule has 0 saturated heterocycles. The van der Waals surface area contributed by atoms with Crippen molar-refractivity contribution in [2.24, 2.45) is 5.73 Å². The first-order valence-electron chi connectivity index (χ1n) is 6.50. The summed E-state index contributed by atoms with van der Waals surface area (Å²) in [7, 11) is 1.63.